The van der Waals surface area contributed by atoms with Gasteiger partial charge >= 0.3 is 11.1 Å². The normalized spacial score (nSPS) is 16.7. The quantitative estimate of drug-likeness (QED) is 0.428. The number of carbonyl (C=O) groups excluding carboxylic acids is 1. The van der Waals surface area contributed by atoms with E-state index in [1.54, 1.807) is 32.9 Å². The SMILES string of the molecule is CC(C)(C)OC(=O)C1(Cl)N=c2ccccc2=N1. The van der Waals surface area contributed by atoms with Crippen molar-refractivity contribution in [1.82, 2.24) is 0 Å². The highest BCUT2D eigenvalue weighted by Gasteiger charge is 2.41. The maximum absolute atomic E-state index is 11.9. The van der Waals surface area contributed by atoms with Crippen LogP contribution in [0.3, 0.4) is 0 Å². The van der Waals surface area contributed by atoms with Crippen molar-refractivity contribution in [2.24, 2.45) is 9.98 Å². The number of benzene rings is 1. The van der Waals surface area contributed by atoms with E-state index in [0.29, 0.717) is 10.7 Å². The third-order valence-corrected chi connectivity index (χ3v) is 2.40. The van der Waals surface area contributed by atoms with Gasteiger partial charge in [0.15, 0.2) is 0 Å². The molecule has 0 saturated carbocycles. The molecule has 1 aromatic carbocycles. The number of fused-ring (bicyclic) bond motifs is 1. The lowest BCUT2D eigenvalue weighted by molar-refractivity contribution is -0.157. The summed E-state index contributed by atoms with van der Waals surface area (Å²) in [5.41, 5.74) is -0.612. The predicted octanol–water partition coefficient (Wildman–Crippen LogP) is 1.17. The smallest absolute Gasteiger partial charge is 0.374 e. The van der Waals surface area contributed by atoms with E-state index in [-0.39, 0.29) is 0 Å². The topological polar surface area (TPSA) is 51.0 Å². The van der Waals surface area contributed by atoms with E-state index in [9.17, 15) is 4.79 Å². The predicted molar refractivity (Wildman–Crippen MR) is 63.2 cm³/mol. The molecule has 1 aliphatic heterocycles. The molecule has 1 aromatic rings. The molecule has 17 heavy (non-hydrogen) atoms. The van der Waals surface area contributed by atoms with Gasteiger partial charge in [-0.15, -0.1) is 0 Å². The van der Waals surface area contributed by atoms with Gasteiger partial charge in [0.2, 0.25) is 0 Å². The van der Waals surface area contributed by atoms with Gasteiger partial charge in [-0.3, -0.25) is 0 Å². The minimum absolute atomic E-state index is 0.605. The van der Waals surface area contributed by atoms with Gasteiger partial charge in [0.1, 0.15) is 5.60 Å². The Morgan fingerprint density at radius 2 is 1.71 bits per heavy atom. The van der Waals surface area contributed by atoms with Gasteiger partial charge in [0, 0.05) is 0 Å². The zero-order chi connectivity index (χ0) is 12.7. The highest BCUT2D eigenvalue weighted by Crippen LogP contribution is 2.24. The first-order valence-electron chi connectivity index (χ1n) is 5.27. The van der Waals surface area contributed by atoms with Gasteiger partial charge in [0.05, 0.1) is 10.7 Å². The molecule has 4 nitrogen and oxygen atoms in total. The van der Waals surface area contributed by atoms with Crippen LogP contribution in [0.15, 0.2) is 34.3 Å². The minimum atomic E-state index is -1.67. The fraction of sp³-hybridized carbons (Fsp3) is 0.417. The highest BCUT2D eigenvalue weighted by molar-refractivity contribution is 6.33. The third kappa shape index (κ3) is 2.47. The van der Waals surface area contributed by atoms with Crippen LogP contribution in [-0.4, -0.2) is 16.7 Å². The summed E-state index contributed by atoms with van der Waals surface area (Å²) in [6, 6.07) is 7.14. The van der Waals surface area contributed by atoms with Crippen LogP contribution < -0.4 is 10.7 Å². The van der Waals surface area contributed by atoms with Crippen LogP contribution in [0.4, 0.5) is 0 Å². The molecule has 0 fully saturated rings. The van der Waals surface area contributed by atoms with Gasteiger partial charge in [0.25, 0.3) is 0 Å². The van der Waals surface area contributed by atoms with Gasteiger partial charge < -0.3 is 4.74 Å². The summed E-state index contributed by atoms with van der Waals surface area (Å²) in [4.78, 5) is 20.1. The first kappa shape index (κ1) is 12.0. The maximum Gasteiger partial charge on any atom is 0.374 e. The van der Waals surface area contributed by atoms with Gasteiger partial charge in [-0.1, -0.05) is 23.7 Å². The first-order chi connectivity index (χ1) is 7.80. The number of halogens is 1. The van der Waals surface area contributed by atoms with Crippen molar-refractivity contribution in [3.8, 4) is 0 Å². The van der Waals surface area contributed by atoms with Crippen LogP contribution in [0.25, 0.3) is 0 Å². The van der Waals surface area contributed by atoms with E-state index in [2.05, 4.69) is 9.98 Å². The molecular formula is C12H13ClN2O2. The van der Waals surface area contributed by atoms with Crippen molar-refractivity contribution in [1.29, 1.82) is 0 Å². The van der Waals surface area contributed by atoms with E-state index in [1.807, 2.05) is 12.1 Å². The molecule has 0 unspecified atom stereocenters. The third-order valence-electron chi connectivity index (χ3n) is 2.08. The summed E-state index contributed by atoms with van der Waals surface area (Å²) < 4.78 is 5.20. The number of hydrogen-bond donors (Lipinski definition) is 0. The van der Waals surface area contributed by atoms with Crippen LogP contribution in [0.2, 0.25) is 0 Å². The summed E-state index contributed by atoms with van der Waals surface area (Å²) in [6.45, 7) is 5.31. The number of nitrogens with zero attached hydrogens (tertiary/aromatic N) is 2. The minimum Gasteiger partial charge on any atom is -0.456 e. The Morgan fingerprint density at radius 3 is 2.12 bits per heavy atom. The van der Waals surface area contributed by atoms with Crippen LogP contribution >= 0.6 is 11.6 Å². The molecule has 0 radical (unpaired) electrons. The Hall–Kier alpha value is -1.42. The zero-order valence-electron chi connectivity index (χ0n) is 9.90. The van der Waals surface area contributed by atoms with Crippen molar-refractivity contribution in [3.63, 3.8) is 0 Å². The number of ether oxygens (including phenoxy) is 1. The number of rotatable bonds is 1. The summed E-state index contributed by atoms with van der Waals surface area (Å²) in [5, 5.41) is -0.460. The Balaban J connectivity index is 2.36. The molecule has 0 saturated heterocycles. The van der Waals surface area contributed by atoms with Crippen LogP contribution in [0, 0.1) is 0 Å². The summed E-state index contributed by atoms with van der Waals surface area (Å²) in [7, 11) is 0. The lowest BCUT2D eigenvalue weighted by atomic mass is 10.2. The molecule has 0 N–H and O–H groups in total. The molecule has 90 valence electrons. The fourth-order valence-electron chi connectivity index (χ4n) is 1.43. The highest BCUT2D eigenvalue weighted by atomic mass is 35.5. The average Bonchev–Trinajstić information content (AvgIpc) is 2.52. The second-order valence-electron chi connectivity index (χ2n) is 4.80. The van der Waals surface area contributed by atoms with E-state index >= 15 is 0 Å². The number of para-hydroxylation sites is 2. The molecule has 2 rings (SSSR count). The summed E-state index contributed by atoms with van der Waals surface area (Å²) in [6.07, 6.45) is 0. The standard InChI is InChI=1S/C12H13ClN2O2/c1-11(2,3)17-10(16)12(13)14-8-6-4-5-7-9(8)15-12/h4-7H,1-3H3. The monoisotopic (exact) mass is 252 g/mol. The van der Waals surface area contributed by atoms with Crippen LogP contribution in [-0.2, 0) is 9.53 Å². The molecule has 0 bridgehead atoms. The van der Waals surface area contributed by atoms with Crippen molar-refractivity contribution in [2.75, 3.05) is 0 Å². The van der Waals surface area contributed by atoms with Gasteiger partial charge in [-0.2, -0.15) is 0 Å². The van der Waals surface area contributed by atoms with Crippen molar-refractivity contribution in [3.05, 3.63) is 35.0 Å². The van der Waals surface area contributed by atoms with Crippen molar-refractivity contribution in [2.45, 2.75) is 31.5 Å². The number of carbonyl (C=O) groups is 1. The lowest BCUT2D eigenvalue weighted by Crippen LogP contribution is -2.36. The first-order valence-corrected chi connectivity index (χ1v) is 5.65. The lowest BCUT2D eigenvalue weighted by Gasteiger charge is -2.23. The largest absolute Gasteiger partial charge is 0.456 e. The Bertz CT molecular complexity index is 540. The van der Waals surface area contributed by atoms with E-state index in [4.69, 9.17) is 16.3 Å². The number of alkyl halides is 1. The van der Waals surface area contributed by atoms with Gasteiger partial charge in [-0.25, -0.2) is 14.8 Å². The fourth-order valence-corrected chi connectivity index (χ4v) is 1.65. The number of hydrogen-bond acceptors (Lipinski definition) is 4. The maximum atomic E-state index is 11.9. The second kappa shape index (κ2) is 3.81. The Morgan fingerprint density at radius 1 is 1.24 bits per heavy atom. The molecule has 1 aliphatic rings. The van der Waals surface area contributed by atoms with E-state index in [0.717, 1.165) is 0 Å². The molecular weight excluding hydrogens is 240 g/mol. The molecule has 0 aromatic heterocycles. The van der Waals surface area contributed by atoms with Crippen LogP contribution in [0.5, 0.6) is 0 Å². The zero-order valence-corrected chi connectivity index (χ0v) is 10.7. The molecule has 0 amide bonds. The second-order valence-corrected chi connectivity index (χ2v) is 5.33. The van der Waals surface area contributed by atoms with Gasteiger partial charge in [-0.05, 0) is 32.9 Å². The summed E-state index contributed by atoms with van der Waals surface area (Å²) >= 11 is 6.08. The molecule has 0 spiro atoms. The Labute approximate surface area is 104 Å². The molecule has 0 atom stereocenters. The van der Waals surface area contributed by atoms with E-state index < -0.39 is 16.7 Å². The van der Waals surface area contributed by atoms with Crippen molar-refractivity contribution < 1.29 is 9.53 Å². The molecule has 1 heterocycles. The van der Waals surface area contributed by atoms with E-state index in [1.165, 1.54) is 0 Å². The molecule has 5 heteroatoms. The summed E-state index contributed by atoms with van der Waals surface area (Å²) in [5.74, 6) is -0.650. The number of esters is 1. The average molecular weight is 253 g/mol. The van der Waals surface area contributed by atoms with Crippen LogP contribution in [0.1, 0.15) is 20.8 Å². The molecule has 0 aliphatic carbocycles. The Kier molecular flexibility index (Phi) is 2.70. The van der Waals surface area contributed by atoms with Crippen molar-refractivity contribution >= 4 is 17.6 Å².